The minimum atomic E-state index is -1.12. The van der Waals surface area contributed by atoms with Crippen LogP contribution < -0.4 is 5.06 Å². The fraction of sp³-hybridized carbons (Fsp3) is 0.0455. The maximum absolute atomic E-state index is 6.50. The number of H-pyrrole nitrogens is 2. The predicted octanol–water partition coefficient (Wildman–Crippen LogP) is 3.98. The van der Waals surface area contributed by atoms with Gasteiger partial charge in [0, 0.05) is 18.6 Å². The second-order valence-corrected chi connectivity index (χ2v) is 6.86. The Morgan fingerprint density at radius 1 is 0.871 bits per heavy atom. The smallest absolute Gasteiger partial charge is 0.229 e. The van der Waals surface area contributed by atoms with Gasteiger partial charge in [-0.15, -0.1) is 0 Å². The minimum absolute atomic E-state index is 0.376. The van der Waals surface area contributed by atoms with Crippen molar-refractivity contribution in [2.45, 2.75) is 5.54 Å². The van der Waals surface area contributed by atoms with E-state index in [1.54, 1.807) is 29.9 Å². The van der Waals surface area contributed by atoms with Gasteiger partial charge >= 0.3 is 0 Å². The SMILES string of the molecule is c1ccc(C2=C(c3ncco3)C(c3ccn[nH]3)(c3ccco3)N(c3ccc[nH]3)O2)nc1. The first-order chi connectivity index (χ1) is 15.4. The zero-order chi connectivity index (χ0) is 20.7. The number of anilines is 1. The van der Waals surface area contributed by atoms with Crippen molar-refractivity contribution in [2.24, 2.45) is 0 Å². The number of oxazole rings is 1. The van der Waals surface area contributed by atoms with Crippen molar-refractivity contribution in [1.29, 1.82) is 0 Å². The fourth-order valence-electron chi connectivity index (χ4n) is 3.96. The number of aromatic nitrogens is 5. The molecular weight excluding hydrogens is 396 g/mol. The van der Waals surface area contributed by atoms with E-state index in [1.807, 2.05) is 54.7 Å². The van der Waals surface area contributed by atoms with Crippen LogP contribution in [0.2, 0.25) is 0 Å². The molecule has 0 radical (unpaired) electrons. The molecule has 0 fully saturated rings. The Bertz CT molecular complexity index is 1260. The van der Waals surface area contributed by atoms with E-state index in [9.17, 15) is 0 Å². The summed E-state index contributed by atoms with van der Waals surface area (Å²) >= 11 is 0. The van der Waals surface area contributed by atoms with Crippen LogP contribution in [0.25, 0.3) is 11.3 Å². The zero-order valence-electron chi connectivity index (χ0n) is 16.1. The highest BCUT2D eigenvalue weighted by Gasteiger charge is 2.59. The number of hydrogen-bond donors (Lipinski definition) is 2. The summed E-state index contributed by atoms with van der Waals surface area (Å²) in [5.41, 5.74) is 0.837. The summed E-state index contributed by atoms with van der Waals surface area (Å²) in [7, 11) is 0. The number of furan rings is 1. The largest absolute Gasteiger partial charge is 0.466 e. The molecule has 5 aromatic rings. The van der Waals surface area contributed by atoms with Crippen molar-refractivity contribution < 1.29 is 13.7 Å². The van der Waals surface area contributed by atoms with Crippen molar-refractivity contribution in [3.8, 4) is 0 Å². The van der Waals surface area contributed by atoms with Gasteiger partial charge in [-0.3, -0.25) is 10.1 Å². The first kappa shape index (κ1) is 17.3. The third kappa shape index (κ3) is 2.46. The normalized spacial score (nSPS) is 18.5. The van der Waals surface area contributed by atoms with Crippen LogP contribution in [0.3, 0.4) is 0 Å². The van der Waals surface area contributed by atoms with Crippen molar-refractivity contribution in [2.75, 3.05) is 5.06 Å². The molecule has 0 saturated heterocycles. The van der Waals surface area contributed by atoms with Crippen molar-refractivity contribution in [3.63, 3.8) is 0 Å². The molecule has 31 heavy (non-hydrogen) atoms. The molecular formula is C22H16N6O3. The molecule has 6 heterocycles. The number of hydrogen-bond acceptors (Lipinski definition) is 7. The van der Waals surface area contributed by atoms with E-state index in [0.29, 0.717) is 40.2 Å². The van der Waals surface area contributed by atoms with E-state index >= 15 is 0 Å². The van der Waals surface area contributed by atoms with Crippen LogP contribution in [0, 0.1) is 0 Å². The second-order valence-electron chi connectivity index (χ2n) is 6.86. The summed E-state index contributed by atoms with van der Waals surface area (Å²) in [6.07, 6.45) is 9.94. The molecule has 0 aromatic carbocycles. The summed E-state index contributed by atoms with van der Waals surface area (Å²) in [6, 6.07) is 15.0. The Morgan fingerprint density at radius 3 is 2.55 bits per heavy atom. The Morgan fingerprint density at radius 2 is 1.87 bits per heavy atom. The number of nitrogens with zero attached hydrogens (tertiary/aromatic N) is 4. The molecule has 0 amide bonds. The highest BCUT2D eigenvalue weighted by Crippen LogP contribution is 2.55. The van der Waals surface area contributed by atoms with Crippen molar-refractivity contribution in [3.05, 3.63) is 109 Å². The van der Waals surface area contributed by atoms with Crippen LogP contribution in [0.4, 0.5) is 5.82 Å². The Hall–Kier alpha value is -4.53. The van der Waals surface area contributed by atoms with Gasteiger partial charge in [-0.1, -0.05) is 6.07 Å². The number of hydroxylamine groups is 1. The summed E-state index contributed by atoms with van der Waals surface area (Å²) in [5, 5.41) is 9.02. The average Bonchev–Trinajstić information content (AvgIpc) is 3.64. The minimum Gasteiger partial charge on any atom is -0.466 e. The lowest BCUT2D eigenvalue weighted by Crippen LogP contribution is -2.44. The molecule has 6 rings (SSSR count). The standard InChI is InChI=1S/C22H16N6O3/c1-2-9-23-15(5-1)20-19(21-25-12-14-30-21)22(16-8-11-26-27-16,17-6-4-13-29-17)28(31-20)18-7-3-10-24-18/h1-14,24H,(H,26,27). The molecule has 1 unspecified atom stereocenters. The lowest BCUT2D eigenvalue weighted by molar-refractivity contribution is 0.200. The summed E-state index contributed by atoms with van der Waals surface area (Å²) in [4.78, 5) is 18.7. The molecule has 0 aliphatic carbocycles. The molecule has 9 heteroatoms. The van der Waals surface area contributed by atoms with Crippen LogP contribution in [0.5, 0.6) is 0 Å². The zero-order valence-corrected chi connectivity index (χ0v) is 16.1. The lowest BCUT2D eigenvalue weighted by atomic mass is 9.82. The van der Waals surface area contributed by atoms with Gasteiger partial charge in [0.1, 0.15) is 29.1 Å². The maximum Gasteiger partial charge on any atom is 0.229 e. The first-order valence-electron chi connectivity index (χ1n) is 9.60. The first-order valence-corrected chi connectivity index (χ1v) is 9.60. The highest BCUT2D eigenvalue weighted by molar-refractivity contribution is 5.96. The number of pyridine rings is 1. The van der Waals surface area contributed by atoms with Gasteiger partial charge < -0.3 is 18.7 Å². The van der Waals surface area contributed by atoms with E-state index in [0.717, 1.165) is 0 Å². The monoisotopic (exact) mass is 412 g/mol. The van der Waals surface area contributed by atoms with Gasteiger partial charge in [0.05, 0.1) is 18.2 Å². The predicted molar refractivity (Wildman–Crippen MR) is 110 cm³/mol. The topological polar surface area (TPSA) is 109 Å². The molecule has 0 spiro atoms. The van der Waals surface area contributed by atoms with Gasteiger partial charge in [-0.2, -0.15) is 10.2 Å². The number of aromatic amines is 2. The van der Waals surface area contributed by atoms with E-state index < -0.39 is 5.54 Å². The molecule has 1 atom stereocenters. The van der Waals surface area contributed by atoms with E-state index in [2.05, 4.69) is 25.1 Å². The molecule has 2 N–H and O–H groups in total. The fourth-order valence-corrected chi connectivity index (χ4v) is 3.96. The van der Waals surface area contributed by atoms with E-state index in [-0.39, 0.29) is 0 Å². The molecule has 152 valence electrons. The molecule has 5 aromatic heterocycles. The molecule has 1 aliphatic rings. The van der Waals surface area contributed by atoms with Crippen LogP contribution >= 0.6 is 0 Å². The van der Waals surface area contributed by atoms with Gasteiger partial charge in [0.15, 0.2) is 5.76 Å². The molecule has 0 saturated carbocycles. The summed E-state index contributed by atoms with van der Waals surface area (Å²) < 4.78 is 11.8. The second kappa shape index (κ2) is 6.77. The quantitative estimate of drug-likeness (QED) is 0.449. The number of nitrogens with one attached hydrogen (secondary N) is 2. The Kier molecular flexibility index (Phi) is 3.79. The lowest BCUT2D eigenvalue weighted by Gasteiger charge is -2.35. The van der Waals surface area contributed by atoms with Gasteiger partial charge in [-0.05, 0) is 42.5 Å². The third-order valence-electron chi connectivity index (χ3n) is 5.19. The Labute approximate surface area is 176 Å². The van der Waals surface area contributed by atoms with Gasteiger partial charge in [-0.25, -0.2) is 4.98 Å². The molecule has 1 aliphatic heterocycles. The average molecular weight is 412 g/mol. The number of rotatable bonds is 5. The molecule has 0 bridgehead atoms. The third-order valence-corrected chi connectivity index (χ3v) is 5.19. The van der Waals surface area contributed by atoms with E-state index in [4.69, 9.17) is 13.7 Å². The van der Waals surface area contributed by atoms with Gasteiger partial charge in [0.25, 0.3) is 0 Å². The van der Waals surface area contributed by atoms with Crippen LogP contribution in [-0.2, 0) is 10.4 Å². The maximum atomic E-state index is 6.50. The van der Waals surface area contributed by atoms with Crippen LogP contribution in [0.15, 0.2) is 94.7 Å². The van der Waals surface area contributed by atoms with Crippen molar-refractivity contribution >= 4 is 17.2 Å². The summed E-state index contributed by atoms with van der Waals surface area (Å²) in [5.74, 6) is 2.15. The van der Waals surface area contributed by atoms with Crippen molar-refractivity contribution in [1.82, 2.24) is 25.1 Å². The Balaban J connectivity index is 1.74. The van der Waals surface area contributed by atoms with Gasteiger partial charge in [0.2, 0.25) is 11.4 Å². The molecule has 9 nitrogen and oxygen atoms in total. The van der Waals surface area contributed by atoms with Crippen LogP contribution in [-0.4, -0.2) is 25.1 Å². The van der Waals surface area contributed by atoms with E-state index in [1.165, 1.54) is 6.26 Å². The summed E-state index contributed by atoms with van der Waals surface area (Å²) in [6.45, 7) is 0. The highest BCUT2D eigenvalue weighted by atomic mass is 16.7. The van der Waals surface area contributed by atoms with Crippen LogP contribution in [0.1, 0.15) is 23.0 Å².